The molecule has 0 spiro atoms. The molecule has 4 rings (SSSR count). The molecule has 1 unspecified atom stereocenters. The summed E-state index contributed by atoms with van der Waals surface area (Å²) in [5.41, 5.74) is 1.06. The Kier molecular flexibility index (Phi) is 3.84. The fraction of sp³-hybridized carbons (Fsp3) is 0.471. The number of fused-ring (bicyclic) bond motifs is 1. The Hall–Kier alpha value is -2.57. The molecular formula is C17H20N4O3. The number of nitrogens with zero attached hydrogens (tertiary/aromatic N) is 4. The van der Waals surface area contributed by atoms with Gasteiger partial charge in [-0.05, 0) is 30.5 Å². The Morgan fingerprint density at radius 2 is 2.21 bits per heavy atom. The first-order valence-electron chi connectivity index (χ1n) is 8.22. The van der Waals surface area contributed by atoms with Gasteiger partial charge in [0.1, 0.15) is 12.7 Å². The largest absolute Gasteiger partial charge is 0.454 e. The molecule has 2 aromatic rings. The lowest BCUT2D eigenvalue weighted by atomic mass is 10.1. The molecule has 1 atom stereocenters. The number of benzene rings is 1. The molecule has 0 bridgehead atoms. The van der Waals surface area contributed by atoms with Gasteiger partial charge in [0.05, 0.1) is 12.5 Å². The van der Waals surface area contributed by atoms with Crippen molar-refractivity contribution in [2.45, 2.75) is 38.9 Å². The van der Waals surface area contributed by atoms with Gasteiger partial charge in [-0.1, -0.05) is 13.0 Å². The van der Waals surface area contributed by atoms with E-state index >= 15 is 0 Å². The molecule has 2 aliphatic rings. The summed E-state index contributed by atoms with van der Waals surface area (Å²) in [7, 11) is 0. The topological polar surface area (TPSA) is 69.5 Å². The fourth-order valence-electron chi connectivity index (χ4n) is 2.98. The van der Waals surface area contributed by atoms with Crippen LogP contribution < -0.4 is 9.47 Å². The zero-order valence-electron chi connectivity index (χ0n) is 13.6. The smallest absolute Gasteiger partial charge is 0.231 e. The number of hydrogen-bond acceptors (Lipinski definition) is 5. The van der Waals surface area contributed by atoms with Crippen LogP contribution in [-0.4, -0.2) is 38.4 Å². The number of aromatic nitrogens is 3. The average Bonchev–Trinajstić information content (AvgIpc) is 3.09. The van der Waals surface area contributed by atoms with E-state index in [9.17, 15) is 4.79 Å². The van der Waals surface area contributed by atoms with Crippen molar-refractivity contribution in [1.29, 1.82) is 0 Å². The summed E-state index contributed by atoms with van der Waals surface area (Å²) in [6.45, 7) is 3.35. The summed E-state index contributed by atoms with van der Waals surface area (Å²) < 4.78 is 12.5. The maximum Gasteiger partial charge on any atom is 0.231 e. The Balaban J connectivity index is 1.46. The van der Waals surface area contributed by atoms with E-state index in [4.69, 9.17) is 9.47 Å². The molecule has 24 heavy (non-hydrogen) atoms. The number of amides is 1. The monoisotopic (exact) mass is 328 g/mol. The molecule has 1 fully saturated rings. The van der Waals surface area contributed by atoms with Gasteiger partial charge in [-0.2, -0.15) is 5.10 Å². The molecule has 7 nitrogen and oxygen atoms in total. The lowest BCUT2D eigenvalue weighted by Crippen LogP contribution is -2.38. The van der Waals surface area contributed by atoms with Crippen molar-refractivity contribution in [3.8, 4) is 11.5 Å². The van der Waals surface area contributed by atoms with Crippen molar-refractivity contribution in [2.75, 3.05) is 6.79 Å². The van der Waals surface area contributed by atoms with Crippen LogP contribution in [-0.2, 0) is 17.9 Å². The molecule has 0 radical (unpaired) electrons. The molecule has 7 heteroatoms. The number of carbonyl (C=O) groups excluding carboxylic acids is 1. The van der Waals surface area contributed by atoms with Crippen molar-refractivity contribution in [3.05, 3.63) is 36.4 Å². The Morgan fingerprint density at radius 1 is 1.38 bits per heavy atom. The van der Waals surface area contributed by atoms with E-state index in [1.54, 1.807) is 11.0 Å². The standard InChI is InChI=1S/C17H20N4O3/c1-12(7-20-10-18-9-19-20)17(22)21(14-3-4-14)8-13-2-5-15-16(6-13)24-11-23-15/h2,5-6,9-10,12,14H,3-4,7-8,11H2,1H3. The molecule has 2 heterocycles. The molecule has 1 aliphatic heterocycles. The lowest BCUT2D eigenvalue weighted by Gasteiger charge is -2.26. The summed E-state index contributed by atoms with van der Waals surface area (Å²) >= 11 is 0. The molecule has 1 saturated carbocycles. The van der Waals surface area contributed by atoms with Gasteiger partial charge in [0.15, 0.2) is 11.5 Å². The van der Waals surface area contributed by atoms with Crippen LogP contribution in [0.4, 0.5) is 0 Å². The second-order valence-electron chi connectivity index (χ2n) is 6.40. The first-order chi connectivity index (χ1) is 11.7. The molecule has 1 amide bonds. The van der Waals surface area contributed by atoms with E-state index in [1.165, 1.54) is 6.33 Å². The van der Waals surface area contributed by atoms with Gasteiger partial charge in [0.25, 0.3) is 0 Å². The molecule has 0 N–H and O–H groups in total. The van der Waals surface area contributed by atoms with E-state index in [2.05, 4.69) is 10.1 Å². The van der Waals surface area contributed by atoms with Crippen LogP contribution in [0.5, 0.6) is 11.5 Å². The highest BCUT2D eigenvalue weighted by molar-refractivity contribution is 5.79. The fourth-order valence-corrected chi connectivity index (χ4v) is 2.98. The third kappa shape index (κ3) is 3.06. The van der Waals surface area contributed by atoms with Gasteiger partial charge in [-0.3, -0.25) is 9.48 Å². The molecular weight excluding hydrogens is 308 g/mol. The minimum atomic E-state index is -0.138. The van der Waals surface area contributed by atoms with Gasteiger partial charge in [-0.25, -0.2) is 4.98 Å². The first kappa shape index (κ1) is 15.0. The predicted octanol–water partition coefficient (Wildman–Crippen LogP) is 1.83. The SMILES string of the molecule is CC(Cn1cncn1)C(=O)N(Cc1ccc2c(c1)OCO2)C1CC1. The molecule has 1 aromatic heterocycles. The summed E-state index contributed by atoms with van der Waals surface area (Å²) in [6, 6.07) is 6.22. The highest BCUT2D eigenvalue weighted by atomic mass is 16.7. The van der Waals surface area contributed by atoms with Crippen LogP contribution in [0, 0.1) is 5.92 Å². The third-order valence-electron chi connectivity index (χ3n) is 4.41. The summed E-state index contributed by atoms with van der Waals surface area (Å²) in [5.74, 6) is 1.54. The Morgan fingerprint density at radius 3 is 2.96 bits per heavy atom. The van der Waals surface area contributed by atoms with E-state index in [-0.39, 0.29) is 18.6 Å². The zero-order valence-corrected chi connectivity index (χ0v) is 13.6. The van der Waals surface area contributed by atoms with Crippen LogP contribution in [0.25, 0.3) is 0 Å². The molecule has 1 aliphatic carbocycles. The van der Waals surface area contributed by atoms with Crippen LogP contribution >= 0.6 is 0 Å². The van der Waals surface area contributed by atoms with Crippen molar-refractivity contribution in [3.63, 3.8) is 0 Å². The maximum absolute atomic E-state index is 12.9. The van der Waals surface area contributed by atoms with Gasteiger partial charge in [0.2, 0.25) is 12.7 Å². The summed E-state index contributed by atoms with van der Waals surface area (Å²) in [4.78, 5) is 18.8. The van der Waals surface area contributed by atoms with Crippen molar-refractivity contribution >= 4 is 5.91 Å². The quantitative estimate of drug-likeness (QED) is 0.809. The van der Waals surface area contributed by atoms with Gasteiger partial charge < -0.3 is 14.4 Å². The summed E-state index contributed by atoms with van der Waals surface area (Å²) in [6.07, 6.45) is 5.28. The Bertz CT molecular complexity index is 727. The number of ether oxygens (including phenoxy) is 2. The van der Waals surface area contributed by atoms with E-state index < -0.39 is 0 Å². The third-order valence-corrected chi connectivity index (χ3v) is 4.41. The second kappa shape index (κ2) is 6.14. The molecule has 1 aromatic carbocycles. The van der Waals surface area contributed by atoms with E-state index in [0.29, 0.717) is 19.1 Å². The van der Waals surface area contributed by atoms with Crippen LogP contribution in [0.1, 0.15) is 25.3 Å². The molecule has 126 valence electrons. The lowest BCUT2D eigenvalue weighted by molar-refractivity contribution is -0.136. The molecule has 0 saturated heterocycles. The van der Waals surface area contributed by atoms with Crippen molar-refractivity contribution in [1.82, 2.24) is 19.7 Å². The van der Waals surface area contributed by atoms with E-state index in [1.807, 2.05) is 30.0 Å². The zero-order chi connectivity index (χ0) is 16.5. The highest BCUT2D eigenvalue weighted by Crippen LogP contribution is 2.35. The average molecular weight is 328 g/mol. The van der Waals surface area contributed by atoms with Gasteiger partial charge in [-0.15, -0.1) is 0 Å². The van der Waals surface area contributed by atoms with Crippen LogP contribution in [0.2, 0.25) is 0 Å². The van der Waals surface area contributed by atoms with Crippen LogP contribution in [0.3, 0.4) is 0 Å². The summed E-state index contributed by atoms with van der Waals surface area (Å²) in [5, 5.41) is 4.09. The van der Waals surface area contributed by atoms with E-state index in [0.717, 1.165) is 29.9 Å². The maximum atomic E-state index is 12.9. The van der Waals surface area contributed by atoms with Crippen molar-refractivity contribution in [2.24, 2.45) is 5.92 Å². The van der Waals surface area contributed by atoms with Gasteiger partial charge in [0, 0.05) is 12.6 Å². The van der Waals surface area contributed by atoms with Crippen LogP contribution in [0.15, 0.2) is 30.9 Å². The Labute approximate surface area is 140 Å². The number of carbonyl (C=O) groups is 1. The number of rotatable bonds is 6. The predicted molar refractivity (Wildman–Crippen MR) is 85.3 cm³/mol. The highest BCUT2D eigenvalue weighted by Gasteiger charge is 2.34. The number of hydrogen-bond donors (Lipinski definition) is 0. The first-order valence-corrected chi connectivity index (χ1v) is 8.22. The van der Waals surface area contributed by atoms with Gasteiger partial charge >= 0.3 is 0 Å². The minimum Gasteiger partial charge on any atom is -0.454 e. The normalized spacial score (nSPS) is 16.9. The minimum absolute atomic E-state index is 0.138. The van der Waals surface area contributed by atoms with Crippen molar-refractivity contribution < 1.29 is 14.3 Å². The second-order valence-corrected chi connectivity index (χ2v) is 6.40.